The van der Waals surface area contributed by atoms with Gasteiger partial charge < -0.3 is 0 Å². The Labute approximate surface area is 147 Å². The van der Waals surface area contributed by atoms with Gasteiger partial charge in [-0.15, -0.1) is 22.7 Å². The van der Waals surface area contributed by atoms with Gasteiger partial charge in [-0.1, -0.05) is 0 Å². The van der Waals surface area contributed by atoms with Gasteiger partial charge in [0.1, 0.15) is 10.8 Å². The summed E-state index contributed by atoms with van der Waals surface area (Å²) in [5, 5.41) is 3.08. The van der Waals surface area contributed by atoms with Crippen LogP contribution < -0.4 is 0 Å². The predicted molar refractivity (Wildman–Crippen MR) is 98.8 cm³/mol. The fraction of sp³-hybridized carbons (Fsp3) is 0.0526. The van der Waals surface area contributed by atoms with E-state index in [9.17, 15) is 4.39 Å². The van der Waals surface area contributed by atoms with Gasteiger partial charge in [-0.3, -0.25) is 4.98 Å². The highest BCUT2D eigenvalue weighted by atomic mass is 32.1. The second kappa shape index (κ2) is 6.26. The molecule has 4 rings (SSSR count). The summed E-state index contributed by atoms with van der Waals surface area (Å²) in [5.41, 5.74) is 4.10. The number of hydrogen-bond donors (Lipinski definition) is 0. The minimum Gasteiger partial charge on any atom is -0.265 e. The fourth-order valence-electron chi connectivity index (χ4n) is 2.46. The molecular formula is C19H13FN2S2. The lowest BCUT2D eigenvalue weighted by atomic mass is 10.1. The Bertz CT molecular complexity index is 972. The van der Waals surface area contributed by atoms with Gasteiger partial charge >= 0.3 is 0 Å². The van der Waals surface area contributed by atoms with Crippen molar-refractivity contribution in [3.63, 3.8) is 0 Å². The van der Waals surface area contributed by atoms with E-state index in [0.717, 1.165) is 26.7 Å². The van der Waals surface area contributed by atoms with Gasteiger partial charge in [0.25, 0.3) is 0 Å². The minimum absolute atomic E-state index is 0.239. The topological polar surface area (TPSA) is 25.8 Å². The molecule has 0 aliphatic heterocycles. The zero-order chi connectivity index (χ0) is 16.5. The van der Waals surface area contributed by atoms with Crippen LogP contribution in [0.25, 0.3) is 31.6 Å². The Hall–Kier alpha value is -2.37. The number of thiazole rings is 1. The molecule has 0 aliphatic carbocycles. The van der Waals surface area contributed by atoms with Crippen LogP contribution in [0.15, 0.2) is 60.2 Å². The summed E-state index contributed by atoms with van der Waals surface area (Å²) in [6, 6.07) is 12.6. The molecule has 0 atom stereocenters. The molecule has 0 amide bonds. The molecule has 3 aromatic heterocycles. The minimum atomic E-state index is -0.239. The highest BCUT2D eigenvalue weighted by Gasteiger charge is 2.17. The lowest BCUT2D eigenvalue weighted by Gasteiger charge is -2.00. The van der Waals surface area contributed by atoms with Crippen molar-refractivity contribution in [3.05, 3.63) is 71.6 Å². The maximum atomic E-state index is 13.3. The summed E-state index contributed by atoms with van der Waals surface area (Å²) < 4.78 is 13.3. The number of pyridine rings is 1. The molecule has 0 radical (unpaired) electrons. The fourth-order valence-corrected chi connectivity index (χ4v) is 4.57. The normalized spacial score (nSPS) is 10.9. The average molecular weight is 352 g/mol. The average Bonchev–Trinajstić information content (AvgIpc) is 3.23. The number of aromatic nitrogens is 2. The van der Waals surface area contributed by atoms with Gasteiger partial charge in [-0.05, 0) is 60.3 Å². The van der Waals surface area contributed by atoms with E-state index >= 15 is 0 Å². The molecule has 4 aromatic rings. The second-order valence-corrected chi connectivity index (χ2v) is 7.34. The first-order valence-corrected chi connectivity index (χ1v) is 9.13. The third-order valence-electron chi connectivity index (χ3n) is 3.63. The molecule has 24 heavy (non-hydrogen) atoms. The first kappa shape index (κ1) is 15.2. The van der Waals surface area contributed by atoms with E-state index in [0.29, 0.717) is 0 Å². The summed E-state index contributed by atoms with van der Waals surface area (Å²) in [7, 11) is 0. The predicted octanol–water partition coefficient (Wildman–Crippen LogP) is 6.05. The third kappa shape index (κ3) is 2.88. The van der Waals surface area contributed by atoms with E-state index in [1.807, 2.05) is 12.1 Å². The monoisotopic (exact) mass is 352 g/mol. The molecule has 0 saturated heterocycles. The summed E-state index contributed by atoms with van der Waals surface area (Å²) in [6.45, 7) is 2.09. The van der Waals surface area contributed by atoms with Crippen molar-refractivity contribution in [2.24, 2.45) is 0 Å². The van der Waals surface area contributed by atoms with Gasteiger partial charge in [0.15, 0.2) is 0 Å². The van der Waals surface area contributed by atoms with Crippen LogP contribution >= 0.6 is 22.7 Å². The van der Waals surface area contributed by atoms with Gasteiger partial charge in [0.05, 0.1) is 10.6 Å². The first-order chi connectivity index (χ1) is 11.7. The van der Waals surface area contributed by atoms with E-state index in [-0.39, 0.29) is 5.82 Å². The number of halogens is 1. The zero-order valence-corrected chi connectivity index (χ0v) is 14.5. The lowest BCUT2D eigenvalue weighted by Crippen LogP contribution is -1.82. The van der Waals surface area contributed by atoms with Crippen LogP contribution in [-0.4, -0.2) is 9.97 Å². The zero-order valence-electron chi connectivity index (χ0n) is 12.9. The number of aryl methyl sites for hydroxylation is 1. The highest BCUT2D eigenvalue weighted by molar-refractivity contribution is 7.23. The summed E-state index contributed by atoms with van der Waals surface area (Å²) in [6.07, 6.45) is 3.53. The summed E-state index contributed by atoms with van der Waals surface area (Å²) in [4.78, 5) is 11.2. The molecule has 0 bridgehead atoms. The molecule has 2 nitrogen and oxygen atoms in total. The van der Waals surface area contributed by atoms with Crippen molar-refractivity contribution >= 4 is 22.7 Å². The summed E-state index contributed by atoms with van der Waals surface area (Å²) in [5.74, 6) is -0.239. The molecule has 1 aromatic carbocycles. The molecular weight excluding hydrogens is 339 g/mol. The maximum absolute atomic E-state index is 13.3. The van der Waals surface area contributed by atoms with Crippen LogP contribution in [0.1, 0.15) is 5.56 Å². The smallest absolute Gasteiger partial charge is 0.124 e. The van der Waals surface area contributed by atoms with Crippen LogP contribution in [-0.2, 0) is 0 Å². The maximum Gasteiger partial charge on any atom is 0.124 e. The number of thiophene rings is 1. The van der Waals surface area contributed by atoms with Crippen molar-refractivity contribution in [1.82, 2.24) is 9.97 Å². The molecule has 0 aliphatic rings. The van der Waals surface area contributed by atoms with Crippen LogP contribution in [0, 0.1) is 12.7 Å². The van der Waals surface area contributed by atoms with E-state index < -0.39 is 0 Å². The number of rotatable bonds is 3. The quantitative estimate of drug-likeness (QED) is 0.449. The molecule has 5 heteroatoms. The van der Waals surface area contributed by atoms with Crippen molar-refractivity contribution < 1.29 is 4.39 Å². The number of hydrogen-bond acceptors (Lipinski definition) is 4. The molecule has 3 heterocycles. The van der Waals surface area contributed by atoms with E-state index in [4.69, 9.17) is 4.98 Å². The number of nitrogens with zero attached hydrogens (tertiary/aromatic N) is 2. The van der Waals surface area contributed by atoms with Crippen LogP contribution in [0.3, 0.4) is 0 Å². The Balaban J connectivity index is 1.90. The Morgan fingerprint density at radius 3 is 2.38 bits per heavy atom. The SMILES string of the molecule is Cc1csc(-c2sc(-c3ccncc3)nc2-c2ccc(F)cc2)c1. The van der Waals surface area contributed by atoms with Crippen molar-refractivity contribution in [2.75, 3.05) is 0 Å². The highest BCUT2D eigenvalue weighted by Crippen LogP contribution is 2.42. The van der Waals surface area contributed by atoms with Gasteiger partial charge in [0, 0.05) is 28.4 Å². The van der Waals surface area contributed by atoms with Gasteiger partial charge in [-0.2, -0.15) is 0 Å². The van der Waals surface area contributed by atoms with Crippen LogP contribution in [0.4, 0.5) is 4.39 Å². The van der Waals surface area contributed by atoms with Gasteiger partial charge in [-0.25, -0.2) is 9.37 Å². The Morgan fingerprint density at radius 2 is 1.71 bits per heavy atom. The Kier molecular flexibility index (Phi) is 3.96. The molecule has 0 fully saturated rings. The molecule has 0 N–H and O–H groups in total. The largest absolute Gasteiger partial charge is 0.265 e. The Morgan fingerprint density at radius 1 is 0.958 bits per heavy atom. The molecule has 118 valence electrons. The van der Waals surface area contributed by atoms with Crippen LogP contribution in [0.5, 0.6) is 0 Å². The van der Waals surface area contributed by atoms with Crippen molar-refractivity contribution in [1.29, 1.82) is 0 Å². The number of benzene rings is 1. The van der Waals surface area contributed by atoms with E-state index in [2.05, 4.69) is 23.4 Å². The van der Waals surface area contributed by atoms with E-state index in [1.54, 1.807) is 47.2 Å². The second-order valence-electron chi connectivity index (χ2n) is 5.43. The first-order valence-electron chi connectivity index (χ1n) is 7.43. The van der Waals surface area contributed by atoms with Crippen molar-refractivity contribution in [2.45, 2.75) is 6.92 Å². The van der Waals surface area contributed by atoms with Crippen molar-refractivity contribution in [3.8, 4) is 31.6 Å². The standard InChI is InChI=1S/C19H13FN2S2/c1-12-10-16(23-11-12)18-17(13-2-4-15(20)5-3-13)22-19(24-18)14-6-8-21-9-7-14/h2-11H,1H3. The molecule has 0 saturated carbocycles. The molecule has 0 spiro atoms. The molecule has 0 unspecified atom stereocenters. The van der Waals surface area contributed by atoms with E-state index in [1.165, 1.54) is 22.6 Å². The lowest BCUT2D eigenvalue weighted by molar-refractivity contribution is 0.628. The van der Waals surface area contributed by atoms with Gasteiger partial charge in [0.2, 0.25) is 0 Å². The summed E-state index contributed by atoms with van der Waals surface area (Å²) >= 11 is 3.36. The third-order valence-corrected chi connectivity index (χ3v) is 5.96. The van der Waals surface area contributed by atoms with Crippen LogP contribution in [0.2, 0.25) is 0 Å².